The van der Waals surface area contributed by atoms with Crippen LogP contribution in [0.2, 0.25) is 10.0 Å². The van der Waals surface area contributed by atoms with E-state index in [-0.39, 0.29) is 0 Å². The van der Waals surface area contributed by atoms with E-state index in [4.69, 9.17) is 23.2 Å². The maximum Gasteiger partial charge on any atom is 0.339 e. The number of para-hydroxylation sites is 1. The van der Waals surface area contributed by atoms with Gasteiger partial charge in [-0.1, -0.05) is 47.5 Å². The van der Waals surface area contributed by atoms with Gasteiger partial charge in [-0.2, -0.15) is 5.10 Å². The van der Waals surface area contributed by atoms with Gasteiger partial charge >= 0.3 is 6.03 Å². The zero-order valence-electron chi connectivity index (χ0n) is 10.3. The van der Waals surface area contributed by atoms with Crippen LogP contribution in [0.1, 0.15) is 5.56 Å². The number of hydrogen-bond acceptors (Lipinski definition) is 2. The van der Waals surface area contributed by atoms with E-state index in [9.17, 15) is 4.79 Å². The molecule has 0 aliphatic heterocycles. The van der Waals surface area contributed by atoms with Crippen molar-refractivity contribution < 1.29 is 4.79 Å². The van der Waals surface area contributed by atoms with Gasteiger partial charge < -0.3 is 5.32 Å². The molecule has 2 aromatic rings. The molecule has 0 aromatic heterocycles. The minimum atomic E-state index is -0.433. The topological polar surface area (TPSA) is 53.5 Å². The fourth-order valence-electron chi connectivity index (χ4n) is 1.45. The Kier molecular flexibility index (Phi) is 4.98. The fourth-order valence-corrected chi connectivity index (χ4v) is 1.90. The number of nitrogens with one attached hydrogen (secondary N) is 2. The molecule has 20 heavy (non-hydrogen) atoms. The number of nitrogens with zero attached hydrogens (tertiary/aromatic N) is 1. The van der Waals surface area contributed by atoms with Crippen molar-refractivity contribution in [3.63, 3.8) is 0 Å². The van der Waals surface area contributed by atoms with E-state index < -0.39 is 6.03 Å². The van der Waals surface area contributed by atoms with E-state index in [0.717, 1.165) is 0 Å². The highest BCUT2D eigenvalue weighted by Crippen LogP contribution is 2.19. The number of amides is 2. The Hall–Kier alpha value is -2.04. The second kappa shape index (κ2) is 6.93. The zero-order chi connectivity index (χ0) is 14.4. The van der Waals surface area contributed by atoms with Crippen molar-refractivity contribution in [3.8, 4) is 0 Å². The third-order valence-electron chi connectivity index (χ3n) is 2.36. The highest BCUT2D eigenvalue weighted by molar-refractivity contribution is 6.36. The minimum absolute atomic E-state index is 0.433. The monoisotopic (exact) mass is 307 g/mol. The molecule has 0 unspecified atom stereocenters. The number of rotatable bonds is 3. The average molecular weight is 308 g/mol. The Balaban J connectivity index is 1.91. The smallest absolute Gasteiger partial charge is 0.307 e. The lowest BCUT2D eigenvalue weighted by Crippen LogP contribution is -2.24. The van der Waals surface area contributed by atoms with Gasteiger partial charge in [-0.05, 0) is 24.3 Å². The summed E-state index contributed by atoms with van der Waals surface area (Å²) in [7, 11) is 0. The molecule has 0 saturated carbocycles. The largest absolute Gasteiger partial charge is 0.339 e. The average Bonchev–Trinajstić information content (AvgIpc) is 2.42. The SMILES string of the molecule is O=C(N/N=C/c1ccc(Cl)cc1Cl)Nc1ccccc1. The highest BCUT2D eigenvalue weighted by atomic mass is 35.5. The van der Waals surface area contributed by atoms with Crippen LogP contribution in [0.25, 0.3) is 0 Å². The Morgan fingerprint density at radius 1 is 1.10 bits per heavy atom. The van der Waals surface area contributed by atoms with Gasteiger partial charge in [-0.25, -0.2) is 10.2 Å². The molecule has 0 bridgehead atoms. The Labute approximate surface area is 126 Å². The molecule has 0 spiro atoms. The molecule has 6 heteroatoms. The maximum atomic E-state index is 11.6. The summed E-state index contributed by atoms with van der Waals surface area (Å²) in [6, 6.07) is 13.6. The first kappa shape index (κ1) is 14.4. The second-order valence-electron chi connectivity index (χ2n) is 3.86. The summed E-state index contributed by atoms with van der Waals surface area (Å²) in [6.07, 6.45) is 1.45. The van der Waals surface area contributed by atoms with Gasteiger partial charge in [0.25, 0.3) is 0 Å². The van der Waals surface area contributed by atoms with E-state index >= 15 is 0 Å². The summed E-state index contributed by atoms with van der Waals surface area (Å²) in [5.41, 5.74) is 3.70. The van der Waals surface area contributed by atoms with Gasteiger partial charge in [0.15, 0.2) is 0 Å². The molecule has 0 aliphatic rings. The molecule has 0 atom stereocenters. The molecule has 2 amide bonds. The minimum Gasteiger partial charge on any atom is -0.307 e. The van der Waals surface area contributed by atoms with Crippen LogP contribution < -0.4 is 10.7 Å². The van der Waals surface area contributed by atoms with Crippen LogP contribution in [-0.2, 0) is 0 Å². The number of carbonyl (C=O) groups excluding carboxylic acids is 1. The fraction of sp³-hybridized carbons (Fsp3) is 0. The molecular formula is C14H11Cl2N3O. The number of urea groups is 1. The van der Waals surface area contributed by atoms with Gasteiger partial charge in [0, 0.05) is 16.3 Å². The van der Waals surface area contributed by atoms with Crippen molar-refractivity contribution in [1.82, 2.24) is 5.43 Å². The standard InChI is InChI=1S/C14H11Cl2N3O/c15-11-7-6-10(13(16)8-11)9-17-19-14(20)18-12-4-2-1-3-5-12/h1-9H,(H2,18,19,20)/b17-9+. The normalized spacial score (nSPS) is 10.5. The van der Waals surface area contributed by atoms with Gasteiger partial charge in [-0.15, -0.1) is 0 Å². The Morgan fingerprint density at radius 2 is 1.85 bits per heavy atom. The van der Waals surface area contributed by atoms with Gasteiger partial charge in [-0.3, -0.25) is 0 Å². The van der Waals surface area contributed by atoms with Crippen molar-refractivity contribution in [2.24, 2.45) is 5.10 Å². The van der Waals surface area contributed by atoms with Crippen molar-refractivity contribution in [3.05, 3.63) is 64.1 Å². The number of carbonyl (C=O) groups is 1. The van der Waals surface area contributed by atoms with Crippen LogP contribution >= 0.6 is 23.2 Å². The molecule has 0 saturated heterocycles. The lowest BCUT2D eigenvalue weighted by Gasteiger charge is -2.03. The summed E-state index contributed by atoms with van der Waals surface area (Å²) in [4.78, 5) is 11.6. The number of benzene rings is 2. The lowest BCUT2D eigenvalue weighted by molar-refractivity contribution is 0.252. The van der Waals surface area contributed by atoms with Crippen molar-refractivity contribution >= 4 is 41.1 Å². The predicted molar refractivity (Wildman–Crippen MR) is 82.7 cm³/mol. The van der Waals surface area contributed by atoms with Crippen molar-refractivity contribution in [2.75, 3.05) is 5.32 Å². The first-order valence-electron chi connectivity index (χ1n) is 5.75. The highest BCUT2D eigenvalue weighted by Gasteiger charge is 2.00. The van der Waals surface area contributed by atoms with E-state index in [1.165, 1.54) is 6.21 Å². The summed E-state index contributed by atoms with van der Waals surface area (Å²) in [5, 5.41) is 7.46. The number of hydrazone groups is 1. The van der Waals surface area contributed by atoms with E-state index in [0.29, 0.717) is 21.3 Å². The number of anilines is 1. The predicted octanol–water partition coefficient (Wildman–Crippen LogP) is 4.15. The van der Waals surface area contributed by atoms with E-state index in [1.54, 1.807) is 30.3 Å². The van der Waals surface area contributed by atoms with Crippen molar-refractivity contribution in [2.45, 2.75) is 0 Å². The van der Waals surface area contributed by atoms with Crippen LogP contribution in [0.3, 0.4) is 0 Å². The number of hydrogen-bond donors (Lipinski definition) is 2. The molecule has 2 N–H and O–H groups in total. The molecule has 0 heterocycles. The van der Waals surface area contributed by atoms with Crippen LogP contribution in [0.5, 0.6) is 0 Å². The van der Waals surface area contributed by atoms with E-state index in [1.807, 2.05) is 18.2 Å². The molecule has 0 fully saturated rings. The molecule has 0 aliphatic carbocycles. The third-order valence-corrected chi connectivity index (χ3v) is 2.93. The zero-order valence-corrected chi connectivity index (χ0v) is 11.8. The molecule has 2 aromatic carbocycles. The van der Waals surface area contributed by atoms with Gasteiger partial charge in [0.1, 0.15) is 0 Å². The summed E-state index contributed by atoms with van der Waals surface area (Å²) < 4.78 is 0. The molecule has 0 radical (unpaired) electrons. The summed E-state index contributed by atoms with van der Waals surface area (Å²) in [5.74, 6) is 0. The quantitative estimate of drug-likeness (QED) is 0.649. The van der Waals surface area contributed by atoms with E-state index in [2.05, 4.69) is 15.8 Å². The molecule has 4 nitrogen and oxygen atoms in total. The van der Waals surface area contributed by atoms with Gasteiger partial charge in [0.2, 0.25) is 0 Å². The lowest BCUT2D eigenvalue weighted by atomic mass is 10.2. The molecule has 102 valence electrons. The first-order valence-corrected chi connectivity index (χ1v) is 6.51. The second-order valence-corrected chi connectivity index (χ2v) is 4.70. The van der Waals surface area contributed by atoms with Gasteiger partial charge in [0.05, 0.1) is 11.2 Å². The van der Waals surface area contributed by atoms with Crippen LogP contribution in [-0.4, -0.2) is 12.2 Å². The van der Waals surface area contributed by atoms with Crippen LogP contribution in [0.4, 0.5) is 10.5 Å². The summed E-state index contributed by atoms with van der Waals surface area (Å²) >= 11 is 11.8. The van der Waals surface area contributed by atoms with Crippen LogP contribution in [0, 0.1) is 0 Å². The number of halogens is 2. The first-order chi connectivity index (χ1) is 9.65. The van der Waals surface area contributed by atoms with Crippen LogP contribution in [0.15, 0.2) is 53.6 Å². The molecular weight excluding hydrogens is 297 g/mol. The van der Waals surface area contributed by atoms with Crippen molar-refractivity contribution in [1.29, 1.82) is 0 Å². The summed E-state index contributed by atoms with van der Waals surface area (Å²) in [6.45, 7) is 0. The maximum absolute atomic E-state index is 11.6. The molecule has 2 rings (SSSR count). The Morgan fingerprint density at radius 3 is 2.55 bits per heavy atom. The Bertz CT molecular complexity index is 630. The third kappa shape index (κ3) is 4.26.